The van der Waals surface area contributed by atoms with Crippen LogP contribution in [0.3, 0.4) is 0 Å². The van der Waals surface area contributed by atoms with Crippen molar-refractivity contribution >= 4 is 0 Å². The quantitative estimate of drug-likeness (QED) is 0.129. The van der Waals surface area contributed by atoms with Crippen molar-refractivity contribution in [2.24, 2.45) is 5.73 Å². The SMILES string of the molecule is CCCCCCCCCCCCCC[C@@H](O)[C@@H](O)[C@@H](N)C(O)[C@H]1O[C@H](CO)[C@H](O)[C@H](O)[C@H]1O. The molecule has 1 unspecified atom stereocenters. The van der Waals surface area contributed by atoms with E-state index < -0.39 is 61.5 Å². The van der Waals surface area contributed by atoms with Crippen molar-refractivity contribution in [1.29, 1.82) is 0 Å². The van der Waals surface area contributed by atoms with Crippen LogP contribution in [0.2, 0.25) is 0 Å². The van der Waals surface area contributed by atoms with Gasteiger partial charge in [-0.1, -0.05) is 84.0 Å². The summed E-state index contributed by atoms with van der Waals surface area (Å²) < 4.78 is 5.29. The van der Waals surface area contributed by atoms with Gasteiger partial charge in [-0.15, -0.1) is 0 Å². The maximum absolute atomic E-state index is 10.5. The third kappa shape index (κ3) is 10.4. The Hall–Kier alpha value is -0.360. The molecule has 0 aromatic carbocycles. The summed E-state index contributed by atoms with van der Waals surface area (Å²) in [6.07, 6.45) is 2.88. The predicted octanol–water partition coefficient (Wildman–Crippen LogP) is 0.330. The molecule has 33 heavy (non-hydrogen) atoms. The molecular weight excluding hydrogens is 430 g/mol. The smallest absolute Gasteiger partial charge is 0.114 e. The van der Waals surface area contributed by atoms with Crippen LogP contribution in [0.5, 0.6) is 0 Å². The summed E-state index contributed by atoms with van der Waals surface area (Å²) >= 11 is 0. The average molecular weight is 480 g/mol. The van der Waals surface area contributed by atoms with E-state index >= 15 is 0 Å². The largest absolute Gasteiger partial charge is 0.394 e. The zero-order valence-electron chi connectivity index (χ0n) is 20.2. The third-order valence-electron chi connectivity index (χ3n) is 6.80. The standard InChI is InChI=1S/C24H49NO8/c1-2-3-4-5-6-7-8-9-10-11-12-13-14-16(27)19(28)18(25)21(30)24-23(32)22(31)20(29)17(15-26)33-24/h16-24,26-32H,2-15,25H2,1H3/t16-,17-,18-,19-,20+,21?,22+,23-,24-/m1/s1. The molecule has 9 nitrogen and oxygen atoms in total. The minimum atomic E-state index is -1.66. The molecule has 0 aromatic rings. The van der Waals surface area contributed by atoms with E-state index in [-0.39, 0.29) is 0 Å². The molecule has 0 aliphatic carbocycles. The van der Waals surface area contributed by atoms with Crippen LogP contribution in [0.25, 0.3) is 0 Å². The van der Waals surface area contributed by atoms with Crippen LogP contribution in [-0.2, 0) is 4.74 Å². The number of aliphatic hydroxyl groups is 7. The van der Waals surface area contributed by atoms with Crippen molar-refractivity contribution in [3.05, 3.63) is 0 Å². The van der Waals surface area contributed by atoms with Gasteiger partial charge < -0.3 is 46.2 Å². The number of hydrogen-bond donors (Lipinski definition) is 8. The van der Waals surface area contributed by atoms with Crippen molar-refractivity contribution in [1.82, 2.24) is 0 Å². The highest BCUT2D eigenvalue weighted by molar-refractivity contribution is 4.99. The van der Waals surface area contributed by atoms with Gasteiger partial charge in [-0.2, -0.15) is 0 Å². The molecule has 1 fully saturated rings. The molecule has 1 heterocycles. The first-order valence-corrected chi connectivity index (χ1v) is 12.9. The molecule has 0 aromatic heterocycles. The van der Waals surface area contributed by atoms with Gasteiger partial charge in [0.05, 0.1) is 24.9 Å². The van der Waals surface area contributed by atoms with Crippen LogP contribution in [-0.4, -0.2) is 97.2 Å². The molecule has 9 heteroatoms. The van der Waals surface area contributed by atoms with Crippen LogP contribution in [0.15, 0.2) is 0 Å². The maximum Gasteiger partial charge on any atom is 0.114 e. The molecule has 198 valence electrons. The molecule has 1 aliphatic rings. The number of aliphatic hydroxyl groups excluding tert-OH is 7. The van der Waals surface area contributed by atoms with Gasteiger partial charge in [0.1, 0.15) is 36.6 Å². The molecule has 0 bridgehead atoms. The number of hydrogen-bond acceptors (Lipinski definition) is 9. The van der Waals surface area contributed by atoms with Gasteiger partial charge in [0.15, 0.2) is 0 Å². The Morgan fingerprint density at radius 1 is 0.727 bits per heavy atom. The Morgan fingerprint density at radius 3 is 1.70 bits per heavy atom. The predicted molar refractivity (Wildman–Crippen MR) is 125 cm³/mol. The molecule has 0 amide bonds. The highest BCUT2D eigenvalue weighted by Gasteiger charge is 2.48. The lowest BCUT2D eigenvalue weighted by atomic mass is 9.87. The lowest BCUT2D eigenvalue weighted by Crippen LogP contribution is -2.65. The second-order valence-corrected chi connectivity index (χ2v) is 9.60. The highest BCUT2D eigenvalue weighted by Crippen LogP contribution is 2.25. The zero-order valence-corrected chi connectivity index (χ0v) is 20.2. The average Bonchev–Trinajstić information content (AvgIpc) is 2.82. The van der Waals surface area contributed by atoms with Gasteiger partial charge in [-0.05, 0) is 6.42 Å². The van der Waals surface area contributed by atoms with Gasteiger partial charge in [0, 0.05) is 0 Å². The minimum absolute atomic E-state index is 0.327. The lowest BCUT2D eigenvalue weighted by Gasteiger charge is -2.43. The Balaban J connectivity index is 2.25. The fraction of sp³-hybridized carbons (Fsp3) is 1.00. The van der Waals surface area contributed by atoms with E-state index in [1.165, 1.54) is 51.4 Å². The van der Waals surface area contributed by atoms with Crippen molar-refractivity contribution in [3.8, 4) is 0 Å². The van der Waals surface area contributed by atoms with Gasteiger partial charge >= 0.3 is 0 Å². The highest BCUT2D eigenvalue weighted by atomic mass is 16.6. The van der Waals surface area contributed by atoms with Crippen molar-refractivity contribution < 1.29 is 40.5 Å². The third-order valence-corrected chi connectivity index (χ3v) is 6.80. The van der Waals surface area contributed by atoms with E-state index in [9.17, 15) is 35.7 Å². The van der Waals surface area contributed by atoms with E-state index in [1.807, 2.05) is 0 Å². The van der Waals surface area contributed by atoms with Crippen LogP contribution >= 0.6 is 0 Å². The first-order chi connectivity index (χ1) is 15.8. The first-order valence-electron chi connectivity index (χ1n) is 12.9. The van der Waals surface area contributed by atoms with Gasteiger partial charge in [0.25, 0.3) is 0 Å². The number of unbranched alkanes of at least 4 members (excludes halogenated alkanes) is 11. The van der Waals surface area contributed by atoms with E-state index in [2.05, 4.69) is 6.92 Å². The lowest BCUT2D eigenvalue weighted by molar-refractivity contribution is -0.253. The summed E-state index contributed by atoms with van der Waals surface area (Å²) in [5.41, 5.74) is 5.90. The summed E-state index contributed by atoms with van der Waals surface area (Å²) in [7, 11) is 0. The maximum atomic E-state index is 10.5. The van der Waals surface area contributed by atoms with Crippen LogP contribution in [0.4, 0.5) is 0 Å². The minimum Gasteiger partial charge on any atom is -0.394 e. The summed E-state index contributed by atoms with van der Waals surface area (Å²) in [6, 6.07) is -1.35. The Bertz CT molecular complexity index is 483. The summed E-state index contributed by atoms with van der Waals surface area (Å²) in [4.78, 5) is 0. The summed E-state index contributed by atoms with van der Waals surface area (Å²) in [6.45, 7) is 1.59. The molecule has 1 rings (SSSR count). The molecule has 9 atom stereocenters. The summed E-state index contributed by atoms with van der Waals surface area (Å²) in [5.74, 6) is 0. The van der Waals surface area contributed by atoms with Crippen molar-refractivity contribution in [3.63, 3.8) is 0 Å². The van der Waals surface area contributed by atoms with Crippen LogP contribution < -0.4 is 5.73 Å². The number of nitrogens with two attached hydrogens (primary N) is 1. The topological polar surface area (TPSA) is 177 Å². The van der Waals surface area contributed by atoms with Crippen LogP contribution in [0.1, 0.15) is 90.4 Å². The second-order valence-electron chi connectivity index (χ2n) is 9.60. The van der Waals surface area contributed by atoms with Gasteiger partial charge in [0.2, 0.25) is 0 Å². The zero-order chi connectivity index (χ0) is 24.8. The Kier molecular flexibility index (Phi) is 15.9. The normalized spacial score (nSPS) is 29.5. The van der Waals surface area contributed by atoms with Crippen molar-refractivity contribution in [2.45, 2.75) is 145 Å². The van der Waals surface area contributed by atoms with Crippen molar-refractivity contribution in [2.75, 3.05) is 6.61 Å². The fourth-order valence-electron chi connectivity index (χ4n) is 4.46. The number of ether oxygens (including phenoxy) is 1. The molecule has 0 radical (unpaired) electrons. The Morgan fingerprint density at radius 2 is 1.21 bits per heavy atom. The summed E-state index contributed by atoms with van der Waals surface area (Å²) in [5, 5.41) is 70.2. The van der Waals surface area contributed by atoms with Crippen LogP contribution in [0, 0.1) is 0 Å². The molecule has 0 spiro atoms. The molecule has 1 saturated heterocycles. The molecule has 0 saturated carbocycles. The monoisotopic (exact) mass is 479 g/mol. The van der Waals surface area contributed by atoms with E-state index in [0.717, 1.165) is 25.7 Å². The van der Waals surface area contributed by atoms with E-state index in [0.29, 0.717) is 6.42 Å². The van der Waals surface area contributed by atoms with E-state index in [4.69, 9.17) is 10.5 Å². The molecular formula is C24H49NO8. The van der Waals surface area contributed by atoms with Gasteiger partial charge in [-0.3, -0.25) is 0 Å². The van der Waals surface area contributed by atoms with E-state index in [1.54, 1.807) is 0 Å². The number of rotatable bonds is 18. The fourth-order valence-corrected chi connectivity index (χ4v) is 4.46. The molecule has 1 aliphatic heterocycles. The van der Waals surface area contributed by atoms with Gasteiger partial charge in [-0.25, -0.2) is 0 Å². The first kappa shape index (κ1) is 30.7. The Labute approximate surface area is 198 Å². The second kappa shape index (κ2) is 17.1. The molecule has 9 N–H and O–H groups in total.